The number of nitrogens with one attached hydrogen (secondary N) is 2. The number of H-pyrrole nitrogens is 1. The van der Waals surface area contributed by atoms with Gasteiger partial charge in [0.2, 0.25) is 0 Å². The molecule has 0 saturated carbocycles. The molecule has 2 aromatic carbocycles. The highest BCUT2D eigenvalue weighted by molar-refractivity contribution is 6.06. The van der Waals surface area contributed by atoms with E-state index >= 15 is 0 Å². The summed E-state index contributed by atoms with van der Waals surface area (Å²) in [6, 6.07) is 15.5. The van der Waals surface area contributed by atoms with Crippen LogP contribution in [-0.4, -0.2) is 22.0 Å². The minimum Gasteiger partial charge on any atom is -0.478 e. The van der Waals surface area contributed by atoms with Crippen molar-refractivity contribution in [2.75, 3.05) is 5.32 Å². The van der Waals surface area contributed by atoms with Crippen molar-refractivity contribution < 1.29 is 14.7 Å². The minimum absolute atomic E-state index is 0.129. The van der Waals surface area contributed by atoms with Crippen LogP contribution in [0.25, 0.3) is 10.9 Å². The number of rotatable bonds is 3. The average molecular weight is 280 g/mol. The quantitative estimate of drug-likeness (QED) is 0.689. The van der Waals surface area contributed by atoms with E-state index in [-0.39, 0.29) is 11.5 Å². The van der Waals surface area contributed by atoms with E-state index < -0.39 is 5.97 Å². The van der Waals surface area contributed by atoms with Gasteiger partial charge < -0.3 is 15.4 Å². The molecule has 0 radical (unpaired) electrons. The Hall–Kier alpha value is -3.08. The summed E-state index contributed by atoms with van der Waals surface area (Å²) in [7, 11) is 0. The smallest absolute Gasteiger partial charge is 0.335 e. The molecule has 0 unspecified atom stereocenters. The van der Waals surface area contributed by atoms with Crippen molar-refractivity contribution in [1.29, 1.82) is 0 Å². The zero-order chi connectivity index (χ0) is 14.8. The van der Waals surface area contributed by atoms with Crippen molar-refractivity contribution in [3.05, 3.63) is 65.9 Å². The summed E-state index contributed by atoms with van der Waals surface area (Å²) in [5.41, 5.74) is 1.88. The number of amides is 1. The van der Waals surface area contributed by atoms with Gasteiger partial charge in [-0.25, -0.2) is 4.79 Å². The topological polar surface area (TPSA) is 82.2 Å². The number of carbonyl (C=O) groups is 2. The van der Waals surface area contributed by atoms with Gasteiger partial charge in [0.25, 0.3) is 5.91 Å². The highest BCUT2D eigenvalue weighted by Gasteiger charge is 2.10. The Morgan fingerprint density at radius 2 is 1.81 bits per heavy atom. The van der Waals surface area contributed by atoms with Crippen LogP contribution in [-0.2, 0) is 0 Å². The van der Waals surface area contributed by atoms with Gasteiger partial charge in [0, 0.05) is 16.6 Å². The highest BCUT2D eigenvalue weighted by Crippen LogP contribution is 2.17. The van der Waals surface area contributed by atoms with E-state index in [9.17, 15) is 9.59 Å². The molecular weight excluding hydrogens is 268 g/mol. The van der Waals surface area contributed by atoms with Crippen LogP contribution < -0.4 is 5.32 Å². The summed E-state index contributed by atoms with van der Waals surface area (Å²) in [6.45, 7) is 0. The fourth-order valence-corrected chi connectivity index (χ4v) is 2.12. The molecular formula is C16H12N2O3. The highest BCUT2D eigenvalue weighted by atomic mass is 16.4. The van der Waals surface area contributed by atoms with Crippen LogP contribution in [0, 0.1) is 0 Å². The molecule has 0 aliphatic carbocycles. The maximum Gasteiger partial charge on any atom is 0.335 e. The van der Waals surface area contributed by atoms with E-state index in [0.717, 1.165) is 10.9 Å². The molecule has 3 aromatic rings. The Labute approximate surface area is 120 Å². The molecule has 5 nitrogen and oxygen atoms in total. The van der Waals surface area contributed by atoms with Crippen molar-refractivity contribution in [2.24, 2.45) is 0 Å². The molecule has 104 valence electrons. The van der Waals surface area contributed by atoms with Gasteiger partial charge in [-0.2, -0.15) is 0 Å². The number of hydrogen-bond donors (Lipinski definition) is 3. The number of para-hydroxylation sites is 1. The van der Waals surface area contributed by atoms with Crippen molar-refractivity contribution >= 4 is 28.5 Å². The van der Waals surface area contributed by atoms with Crippen molar-refractivity contribution in [3.63, 3.8) is 0 Å². The minimum atomic E-state index is -1.03. The number of anilines is 1. The monoisotopic (exact) mass is 280 g/mol. The molecule has 0 bridgehead atoms. The third-order valence-corrected chi connectivity index (χ3v) is 3.14. The number of benzene rings is 2. The van der Waals surface area contributed by atoms with Crippen LogP contribution in [0.2, 0.25) is 0 Å². The fourth-order valence-electron chi connectivity index (χ4n) is 2.12. The predicted molar refractivity (Wildman–Crippen MR) is 79.7 cm³/mol. The molecule has 0 fully saturated rings. The van der Waals surface area contributed by atoms with Crippen LogP contribution in [0.1, 0.15) is 20.8 Å². The molecule has 1 aromatic heterocycles. The van der Waals surface area contributed by atoms with E-state index in [2.05, 4.69) is 10.3 Å². The van der Waals surface area contributed by atoms with Crippen molar-refractivity contribution in [2.45, 2.75) is 0 Å². The van der Waals surface area contributed by atoms with Crippen LogP contribution >= 0.6 is 0 Å². The summed E-state index contributed by atoms with van der Waals surface area (Å²) in [5.74, 6) is -1.34. The number of fused-ring (bicyclic) bond motifs is 1. The molecule has 0 saturated heterocycles. The largest absolute Gasteiger partial charge is 0.478 e. The SMILES string of the molecule is O=C(O)c1cccc(NC(=O)c2cc3ccccc3[nH]2)c1. The predicted octanol–water partition coefficient (Wildman–Crippen LogP) is 3.12. The fraction of sp³-hybridized carbons (Fsp3) is 0. The van der Waals surface area contributed by atoms with E-state index in [0.29, 0.717) is 11.4 Å². The molecule has 21 heavy (non-hydrogen) atoms. The van der Waals surface area contributed by atoms with Gasteiger partial charge in [0.1, 0.15) is 5.69 Å². The number of carboxylic acids is 1. The maximum absolute atomic E-state index is 12.2. The molecule has 0 aliphatic rings. The van der Waals surface area contributed by atoms with Gasteiger partial charge in [-0.15, -0.1) is 0 Å². The molecule has 5 heteroatoms. The first kappa shape index (κ1) is 12.9. The summed E-state index contributed by atoms with van der Waals surface area (Å²) in [6.07, 6.45) is 0. The Kier molecular flexibility index (Phi) is 3.16. The first-order chi connectivity index (χ1) is 10.1. The van der Waals surface area contributed by atoms with E-state index in [1.807, 2.05) is 24.3 Å². The van der Waals surface area contributed by atoms with Gasteiger partial charge in [-0.1, -0.05) is 24.3 Å². The normalized spacial score (nSPS) is 10.5. The standard InChI is InChI=1S/C16H12N2O3/c19-15(14-9-10-4-1-2-7-13(10)18-14)17-12-6-3-5-11(8-12)16(20)21/h1-9,18H,(H,17,19)(H,20,21). The molecule has 0 aliphatic heterocycles. The lowest BCUT2D eigenvalue weighted by atomic mass is 10.2. The summed E-state index contributed by atoms with van der Waals surface area (Å²) in [5, 5.41) is 12.6. The van der Waals surface area contributed by atoms with Crippen LogP contribution in [0.4, 0.5) is 5.69 Å². The molecule has 3 rings (SSSR count). The van der Waals surface area contributed by atoms with Gasteiger partial charge in [-0.05, 0) is 30.3 Å². The third-order valence-electron chi connectivity index (χ3n) is 3.14. The van der Waals surface area contributed by atoms with Gasteiger partial charge in [0.15, 0.2) is 0 Å². The lowest BCUT2D eigenvalue weighted by Crippen LogP contribution is -2.12. The number of carboxylic acid groups (broad SMARTS) is 1. The second-order valence-electron chi connectivity index (χ2n) is 4.61. The molecule has 0 spiro atoms. The van der Waals surface area contributed by atoms with E-state index in [1.54, 1.807) is 18.2 Å². The average Bonchev–Trinajstić information content (AvgIpc) is 2.91. The number of aromatic amines is 1. The van der Waals surface area contributed by atoms with Crippen LogP contribution in [0.5, 0.6) is 0 Å². The van der Waals surface area contributed by atoms with Crippen LogP contribution in [0.15, 0.2) is 54.6 Å². The molecule has 1 amide bonds. The number of aromatic carboxylic acids is 1. The lowest BCUT2D eigenvalue weighted by Gasteiger charge is -2.04. The molecule has 0 atom stereocenters. The first-order valence-electron chi connectivity index (χ1n) is 6.36. The first-order valence-corrected chi connectivity index (χ1v) is 6.36. The second-order valence-corrected chi connectivity index (χ2v) is 4.61. The van der Waals surface area contributed by atoms with Crippen molar-refractivity contribution in [1.82, 2.24) is 4.98 Å². The zero-order valence-electron chi connectivity index (χ0n) is 11.0. The van der Waals surface area contributed by atoms with Crippen LogP contribution in [0.3, 0.4) is 0 Å². The zero-order valence-corrected chi connectivity index (χ0v) is 11.0. The Balaban J connectivity index is 1.85. The maximum atomic E-state index is 12.2. The number of carbonyl (C=O) groups excluding carboxylic acids is 1. The molecule has 1 heterocycles. The number of aromatic nitrogens is 1. The Bertz CT molecular complexity index is 803. The van der Waals surface area contributed by atoms with Crippen molar-refractivity contribution in [3.8, 4) is 0 Å². The summed E-state index contributed by atoms with van der Waals surface area (Å²) in [4.78, 5) is 26.1. The number of hydrogen-bond acceptors (Lipinski definition) is 2. The van der Waals surface area contributed by atoms with E-state index in [4.69, 9.17) is 5.11 Å². The second kappa shape index (κ2) is 5.13. The summed E-state index contributed by atoms with van der Waals surface area (Å²) >= 11 is 0. The molecule has 3 N–H and O–H groups in total. The Morgan fingerprint density at radius 1 is 1.00 bits per heavy atom. The lowest BCUT2D eigenvalue weighted by molar-refractivity contribution is 0.0696. The van der Waals surface area contributed by atoms with E-state index in [1.165, 1.54) is 12.1 Å². The Morgan fingerprint density at radius 3 is 2.57 bits per heavy atom. The van der Waals surface area contributed by atoms with Gasteiger partial charge in [0.05, 0.1) is 5.56 Å². The third kappa shape index (κ3) is 2.62. The van der Waals surface area contributed by atoms with Gasteiger partial charge in [-0.3, -0.25) is 4.79 Å². The summed E-state index contributed by atoms with van der Waals surface area (Å²) < 4.78 is 0. The van der Waals surface area contributed by atoms with Gasteiger partial charge >= 0.3 is 5.97 Å².